The number of aromatic nitrogens is 2. The lowest BCUT2D eigenvalue weighted by Crippen LogP contribution is -2.26. The van der Waals surface area contributed by atoms with E-state index < -0.39 is 0 Å². The summed E-state index contributed by atoms with van der Waals surface area (Å²) < 4.78 is 1.66. The highest BCUT2D eigenvalue weighted by Crippen LogP contribution is 2.24. The zero-order valence-electron chi connectivity index (χ0n) is 13.0. The number of carbonyl (C=O) groups excluding carboxylic acids is 1. The molecule has 2 heterocycles. The van der Waals surface area contributed by atoms with Gasteiger partial charge in [-0.2, -0.15) is 0 Å². The Morgan fingerprint density at radius 1 is 1.39 bits per heavy atom. The van der Waals surface area contributed by atoms with Crippen LogP contribution in [0.1, 0.15) is 48.3 Å². The van der Waals surface area contributed by atoms with Crippen molar-refractivity contribution in [1.82, 2.24) is 14.7 Å². The first-order valence-electron chi connectivity index (χ1n) is 7.86. The molecule has 4 nitrogen and oxygen atoms in total. The van der Waals surface area contributed by atoms with E-state index in [-0.39, 0.29) is 5.91 Å². The summed E-state index contributed by atoms with van der Waals surface area (Å²) in [4.78, 5) is 16.9. The number of nitrogens with zero attached hydrogens (tertiary/aromatic N) is 2. The van der Waals surface area contributed by atoms with Crippen LogP contribution in [-0.4, -0.2) is 21.8 Å². The molecule has 3 rings (SSSR count). The van der Waals surface area contributed by atoms with Gasteiger partial charge in [0.1, 0.15) is 5.69 Å². The first kappa shape index (κ1) is 16.3. The van der Waals surface area contributed by atoms with E-state index in [1.54, 1.807) is 23.6 Å². The smallest absolute Gasteiger partial charge is 0.270 e. The molecular weight excluding hydrogens is 333 g/mol. The first-order valence-corrected chi connectivity index (χ1v) is 8.61. The number of aryl methyl sites for hydroxylation is 1. The Morgan fingerprint density at radius 3 is 2.96 bits per heavy atom. The second-order valence-corrected chi connectivity index (χ2v) is 6.70. The minimum Gasteiger partial charge on any atom is -0.350 e. The minimum atomic E-state index is -0.148. The van der Waals surface area contributed by atoms with Crippen molar-refractivity contribution in [3.63, 3.8) is 0 Å². The minimum absolute atomic E-state index is 0.148. The number of allylic oxidation sites excluding steroid dienone is 1. The van der Waals surface area contributed by atoms with Crippen LogP contribution in [0, 0.1) is 6.92 Å². The Kier molecular flexibility index (Phi) is 4.93. The van der Waals surface area contributed by atoms with Gasteiger partial charge in [-0.05, 0) is 45.1 Å². The molecule has 1 amide bonds. The van der Waals surface area contributed by atoms with E-state index in [0.29, 0.717) is 33.6 Å². The Labute approximate surface area is 145 Å². The zero-order chi connectivity index (χ0) is 16.4. The van der Waals surface area contributed by atoms with Crippen LogP contribution in [0.4, 0.5) is 0 Å². The SMILES string of the molecule is Cc1nc2c(Cl)cc(Cl)cn2c1C(=O)NCCC1=CCCCC1. The number of nitrogens with one attached hydrogen (secondary N) is 1. The van der Waals surface area contributed by atoms with Crippen molar-refractivity contribution >= 4 is 34.8 Å². The van der Waals surface area contributed by atoms with Crippen LogP contribution >= 0.6 is 23.2 Å². The van der Waals surface area contributed by atoms with E-state index in [1.807, 2.05) is 0 Å². The molecule has 0 spiro atoms. The molecule has 1 N–H and O–H groups in total. The van der Waals surface area contributed by atoms with E-state index in [9.17, 15) is 4.79 Å². The average molecular weight is 352 g/mol. The third-order valence-corrected chi connectivity index (χ3v) is 4.63. The van der Waals surface area contributed by atoms with Gasteiger partial charge in [0.15, 0.2) is 5.65 Å². The molecule has 2 aromatic heterocycles. The van der Waals surface area contributed by atoms with Crippen LogP contribution in [0.3, 0.4) is 0 Å². The Morgan fingerprint density at radius 2 is 2.22 bits per heavy atom. The number of imidazole rings is 1. The average Bonchev–Trinajstić information content (AvgIpc) is 2.85. The number of hydrogen-bond donors (Lipinski definition) is 1. The first-order chi connectivity index (χ1) is 11.1. The van der Waals surface area contributed by atoms with Crippen molar-refractivity contribution in [2.24, 2.45) is 0 Å². The van der Waals surface area contributed by atoms with Gasteiger partial charge in [0.05, 0.1) is 15.7 Å². The van der Waals surface area contributed by atoms with E-state index in [1.165, 1.54) is 18.4 Å². The van der Waals surface area contributed by atoms with Gasteiger partial charge in [0.2, 0.25) is 0 Å². The molecule has 0 aromatic carbocycles. The van der Waals surface area contributed by atoms with Crippen molar-refractivity contribution in [3.05, 3.63) is 45.3 Å². The Hall–Kier alpha value is -1.52. The van der Waals surface area contributed by atoms with Gasteiger partial charge in [0, 0.05) is 12.7 Å². The Balaban J connectivity index is 1.75. The molecule has 0 radical (unpaired) electrons. The van der Waals surface area contributed by atoms with Gasteiger partial charge in [-0.1, -0.05) is 34.9 Å². The second-order valence-electron chi connectivity index (χ2n) is 5.86. The largest absolute Gasteiger partial charge is 0.350 e. The number of rotatable bonds is 4. The predicted molar refractivity (Wildman–Crippen MR) is 93.5 cm³/mol. The van der Waals surface area contributed by atoms with Crippen molar-refractivity contribution in [2.45, 2.75) is 39.0 Å². The van der Waals surface area contributed by atoms with E-state index in [4.69, 9.17) is 23.2 Å². The van der Waals surface area contributed by atoms with Gasteiger partial charge in [-0.3, -0.25) is 9.20 Å². The highest BCUT2D eigenvalue weighted by molar-refractivity contribution is 6.36. The summed E-state index contributed by atoms with van der Waals surface area (Å²) in [7, 11) is 0. The lowest BCUT2D eigenvalue weighted by Gasteiger charge is -2.13. The van der Waals surface area contributed by atoms with Crippen molar-refractivity contribution in [2.75, 3.05) is 6.54 Å². The standard InChI is InChI=1S/C17H19Cl2N3O/c1-11-15(22-10-13(18)9-14(19)16(22)21-11)17(23)20-8-7-12-5-3-2-4-6-12/h5,9-10H,2-4,6-8H2,1H3,(H,20,23). The summed E-state index contributed by atoms with van der Waals surface area (Å²) in [5, 5.41) is 3.89. The fourth-order valence-electron chi connectivity index (χ4n) is 3.01. The maximum atomic E-state index is 12.5. The number of amides is 1. The quantitative estimate of drug-likeness (QED) is 0.820. The monoisotopic (exact) mass is 351 g/mol. The lowest BCUT2D eigenvalue weighted by atomic mass is 9.97. The van der Waals surface area contributed by atoms with Crippen LogP contribution in [0.5, 0.6) is 0 Å². The van der Waals surface area contributed by atoms with Crippen molar-refractivity contribution < 1.29 is 4.79 Å². The molecule has 1 aliphatic carbocycles. The number of halogens is 2. The summed E-state index contributed by atoms with van der Waals surface area (Å²) in [5.41, 5.74) is 3.12. The van der Waals surface area contributed by atoms with Gasteiger partial charge < -0.3 is 5.32 Å². The van der Waals surface area contributed by atoms with Gasteiger partial charge in [-0.15, -0.1) is 0 Å². The molecule has 0 atom stereocenters. The van der Waals surface area contributed by atoms with Gasteiger partial charge in [-0.25, -0.2) is 4.98 Å². The van der Waals surface area contributed by atoms with E-state index in [0.717, 1.165) is 19.3 Å². The molecule has 6 heteroatoms. The second kappa shape index (κ2) is 6.93. The highest BCUT2D eigenvalue weighted by atomic mass is 35.5. The van der Waals surface area contributed by atoms with Crippen LogP contribution in [0.15, 0.2) is 23.9 Å². The molecular formula is C17H19Cl2N3O. The summed E-state index contributed by atoms with van der Waals surface area (Å²) in [6.07, 6.45) is 9.71. The van der Waals surface area contributed by atoms with E-state index in [2.05, 4.69) is 16.4 Å². The molecule has 23 heavy (non-hydrogen) atoms. The molecule has 0 aliphatic heterocycles. The molecule has 0 bridgehead atoms. The van der Waals surface area contributed by atoms with Gasteiger partial charge in [0.25, 0.3) is 5.91 Å². The molecule has 0 saturated heterocycles. The highest BCUT2D eigenvalue weighted by Gasteiger charge is 2.18. The molecule has 0 unspecified atom stereocenters. The Bertz CT molecular complexity index is 780. The summed E-state index contributed by atoms with van der Waals surface area (Å²) >= 11 is 12.2. The number of carbonyl (C=O) groups is 1. The molecule has 0 saturated carbocycles. The predicted octanol–water partition coefficient (Wildman–Crippen LogP) is 4.57. The number of fused-ring (bicyclic) bond motifs is 1. The third kappa shape index (κ3) is 3.54. The summed E-state index contributed by atoms with van der Waals surface area (Å²) in [6, 6.07) is 1.63. The summed E-state index contributed by atoms with van der Waals surface area (Å²) in [6.45, 7) is 2.43. The molecule has 2 aromatic rings. The molecule has 122 valence electrons. The van der Waals surface area contributed by atoms with Crippen LogP contribution in [0.25, 0.3) is 5.65 Å². The van der Waals surface area contributed by atoms with E-state index >= 15 is 0 Å². The fourth-order valence-corrected chi connectivity index (χ4v) is 3.53. The normalized spacial score (nSPS) is 14.8. The summed E-state index contributed by atoms with van der Waals surface area (Å²) in [5.74, 6) is -0.148. The maximum absolute atomic E-state index is 12.5. The number of pyridine rings is 1. The lowest BCUT2D eigenvalue weighted by molar-refractivity contribution is 0.0947. The van der Waals surface area contributed by atoms with Crippen molar-refractivity contribution in [3.8, 4) is 0 Å². The van der Waals surface area contributed by atoms with Crippen LogP contribution < -0.4 is 5.32 Å². The third-order valence-electron chi connectivity index (χ3n) is 4.15. The molecule has 1 aliphatic rings. The number of hydrogen-bond acceptors (Lipinski definition) is 2. The fraction of sp³-hybridized carbons (Fsp3) is 0.412. The molecule has 0 fully saturated rings. The van der Waals surface area contributed by atoms with Crippen molar-refractivity contribution in [1.29, 1.82) is 0 Å². The van der Waals surface area contributed by atoms with Crippen LogP contribution in [0.2, 0.25) is 10.0 Å². The van der Waals surface area contributed by atoms with Crippen LogP contribution in [-0.2, 0) is 0 Å². The zero-order valence-corrected chi connectivity index (χ0v) is 14.5. The topological polar surface area (TPSA) is 46.4 Å². The van der Waals surface area contributed by atoms with Gasteiger partial charge >= 0.3 is 0 Å². The maximum Gasteiger partial charge on any atom is 0.270 e.